The largest absolute Gasteiger partial charge is 0.487 e. The van der Waals surface area contributed by atoms with Crippen molar-refractivity contribution in [2.24, 2.45) is 5.92 Å². The molecule has 0 saturated heterocycles. The van der Waals surface area contributed by atoms with Gasteiger partial charge in [0, 0.05) is 18.2 Å². The number of hydrogen-bond acceptors (Lipinski definition) is 12. The summed E-state index contributed by atoms with van der Waals surface area (Å²) >= 11 is 0. The van der Waals surface area contributed by atoms with Crippen LogP contribution in [0.1, 0.15) is 20.3 Å². The van der Waals surface area contributed by atoms with Gasteiger partial charge in [0.1, 0.15) is 38.2 Å². The molecule has 2 amide bonds. The third-order valence-corrected chi connectivity index (χ3v) is 6.79. The first-order valence-electron chi connectivity index (χ1n) is 15.7. The summed E-state index contributed by atoms with van der Waals surface area (Å²) in [7, 11) is 0. The molecule has 0 aliphatic carbocycles. The van der Waals surface area contributed by atoms with E-state index in [2.05, 4.69) is 0 Å². The number of carbonyl (C=O) groups is 3. The van der Waals surface area contributed by atoms with E-state index in [9.17, 15) is 14.4 Å². The van der Waals surface area contributed by atoms with Crippen molar-refractivity contribution < 1.29 is 57.0 Å². The van der Waals surface area contributed by atoms with Crippen LogP contribution in [0.2, 0.25) is 0 Å². The zero-order chi connectivity index (χ0) is 33.3. The number of ether oxygens (including phenoxy) is 9. The highest BCUT2D eigenvalue weighted by molar-refractivity contribution is 6.14. The maximum Gasteiger partial charge on any atom is 0.334 e. The first kappa shape index (κ1) is 35.7. The predicted molar refractivity (Wildman–Crippen MR) is 168 cm³/mol. The Morgan fingerprint density at radius 1 is 0.638 bits per heavy atom. The first-order chi connectivity index (χ1) is 22.9. The summed E-state index contributed by atoms with van der Waals surface area (Å²) in [6.07, 6.45) is 2.55. The summed E-state index contributed by atoms with van der Waals surface area (Å²) < 4.78 is 51.6. The standard InChI is InChI=1S/C34H43NO12/c1-25(2)23-27(35-32(36)9-10-33(35)37)34(38)47-26-7-8-30-31(24-26)46-22-18-42-14-13-40-16-20-44-29-6-4-3-5-28(29)43-19-15-39-11-12-41-17-21-45-30/h3-10,24-25,27H,11-23H2,1-2H3/t27-/m0/s1. The molecule has 0 unspecified atom stereocenters. The number of hydrogen-bond donors (Lipinski definition) is 0. The van der Waals surface area contributed by atoms with Crippen molar-refractivity contribution in [3.63, 3.8) is 0 Å². The Bertz CT molecular complexity index is 1310. The van der Waals surface area contributed by atoms with Crippen LogP contribution in [0.4, 0.5) is 0 Å². The second-order valence-corrected chi connectivity index (χ2v) is 10.8. The molecule has 13 nitrogen and oxygen atoms in total. The van der Waals surface area contributed by atoms with Crippen LogP contribution >= 0.6 is 0 Å². The third kappa shape index (κ3) is 11.9. The van der Waals surface area contributed by atoms with Gasteiger partial charge in [0.25, 0.3) is 11.8 Å². The van der Waals surface area contributed by atoms with E-state index in [1.807, 2.05) is 38.1 Å². The van der Waals surface area contributed by atoms with Gasteiger partial charge >= 0.3 is 5.97 Å². The van der Waals surface area contributed by atoms with Gasteiger partial charge in [-0.1, -0.05) is 26.0 Å². The predicted octanol–water partition coefficient (Wildman–Crippen LogP) is 3.23. The lowest BCUT2D eigenvalue weighted by Crippen LogP contribution is -2.47. The van der Waals surface area contributed by atoms with Gasteiger partial charge in [-0.25, -0.2) is 4.79 Å². The number of nitrogens with zero attached hydrogens (tertiary/aromatic N) is 1. The van der Waals surface area contributed by atoms with Crippen LogP contribution in [0.3, 0.4) is 0 Å². The van der Waals surface area contributed by atoms with Gasteiger partial charge in [-0.2, -0.15) is 0 Å². The van der Waals surface area contributed by atoms with E-state index < -0.39 is 23.8 Å². The molecule has 0 radical (unpaired) electrons. The average Bonchev–Trinajstić information content (AvgIpc) is 3.39. The summed E-state index contributed by atoms with van der Waals surface area (Å²) in [6, 6.07) is 11.1. The van der Waals surface area contributed by atoms with Crippen molar-refractivity contribution in [1.29, 1.82) is 0 Å². The fourth-order valence-electron chi connectivity index (χ4n) is 4.62. The average molecular weight is 658 g/mol. The second kappa shape index (κ2) is 19.5. The van der Waals surface area contributed by atoms with E-state index in [0.717, 1.165) is 17.1 Å². The molecule has 2 aliphatic heterocycles. The number of imide groups is 1. The second-order valence-electron chi connectivity index (χ2n) is 10.8. The molecule has 13 heteroatoms. The van der Waals surface area contributed by atoms with E-state index in [1.165, 1.54) is 6.07 Å². The highest BCUT2D eigenvalue weighted by atomic mass is 16.6. The molecular formula is C34H43NO12. The quantitative estimate of drug-likeness (QED) is 0.265. The molecular weight excluding hydrogens is 614 g/mol. The first-order valence-corrected chi connectivity index (χ1v) is 15.7. The molecule has 0 fully saturated rings. The van der Waals surface area contributed by atoms with Gasteiger partial charge < -0.3 is 42.6 Å². The Morgan fingerprint density at radius 3 is 1.53 bits per heavy atom. The van der Waals surface area contributed by atoms with Crippen LogP contribution in [-0.2, 0) is 33.3 Å². The normalized spacial score (nSPS) is 18.4. The number of fused-ring (bicyclic) bond motifs is 2. The molecule has 0 spiro atoms. The van der Waals surface area contributed by atoms with Gasteiger partial charge in [-0.3, -0.25) is 14.5 Å². The molecule has 4 rings (SSSR count). The van der Waals surface area contributed by atoms with E-state index >= 15 is 0 Å². The smallest absolute Gasteiger partial charge is 0.334 e. The van der Waals surface area contributed by atoms with Crippen LogP contribution in [0.5, 0.6) is 28.7 Å². The highest BCUT2D eigenvalue weighted by Gasteiger charge is 2.37. The molecule has 1 atom stereocenters. The molecule has 0 N–H and O–H groups in total. The number of para-hydroxylation sites is 2. The zero-order valence-corrected chi connectivity index (χ0v) is 26.9. The topological polar surface area (TPSA) is 138 Å². The van der Waals surface area contributed by atoms with Crippen molar-refractivity contribution in [3.8, 4) is 28.7 Å². The lowest BCUT2D eigenvalue weighted by atomic mass is 10.0. The van der Waals surface area contributed by atoms with E-state index in [4.69, 9.17) is 42.6 Å². The van der Waals surface area contributed by atoms with Crippen LogP contribution < -0.4 is 23.7 Å². The monoisotopic (exact) mass is 657 g/mol. The lowest BCUT2D eigenvalue weighted by Gasteiger charge is -2.26. The molecule has 47 heavy (non-hydrogen) atoms. The SMILES string of the molecule is CC(C)C[C@@H](C(=O)Oc1ccc2c(c1)OCCOCCOCCOc1ccccc1OCCOCCOCCO2)N1C(=O)C=CC1=O. The highest BCUT2D eigenvalue weighted by Crippen LogP contribution is 2.32. The Morgan fingerprint density at radius 2 is 1.06 bits per heavy atom. The Balaban J connectivity index is 1.34. The molecule has 2 heterocycles. The molecule has 0 bridgehead atoms. The zero-order valence-electron chi connectivity index (χ0n) is 26.9. The number of amides is 2. The molecule has 2 aromatic rings. The van der Waals surface area contributed by atoms with Gasteiger partial charge in [-0.05, 0) is 36.6 Å². The minimum atomic E-state index is -1.07. The maximum atomic E-state index is 13.2. The van der Waals surface area contributed by atoms with Gasteiger partial charge in [0.15, 0.2) is 23.0 Å². The van der Waals surface area contributed by atoms with Gasteiger partial charge in [0.05, 0.1) is 52.9 Å². The van der Waals surface area contributed by atoms with Crippen LogP contribution in [0.15, 0.2) is 54.6 Å². The van der Waals surface area contributed by atoms with Crippen molar-refractivity contribution in [1.82, 2.24) is 4.90 Å². The van der Waals surface area contributed by atoms with Crippen LogP contribution in [0, 0.1) is 5.92 Å². The Hall–Kier alpha value is -4.17. The van der Waals surface area contributed by atoms with Crippen molar-refractivity contribution in [3.05, 3.63) is 54.6 Å². The molecule has 0 saturated carbocycles. The number of rotatable bonds is 5. The third-order valence-electron chi connectivity index (χ3n) is 6.79. The minimum absolute atomic E-state index is 0.0216. The number of benzene rings is 2. The molecule has 256 valence electrons. The van der Waals surface area contributed by atoms with Crippen molar-refractivity contribution >= 4 is 17.8 Å². The summed E-state index contributed by atoms with van der Waals surface area (Å²) in [5, 5.41) is 0. The minimum Gasteiger partial charge on any atom is -0.487 e. The maximum absolute atomic E-state index is 13.2. The van der Waals surface area contributed by atoms with Crippen LogP contribution in [0.25, 0.3) is 0 Å². The summed E-state index contributed by atoms with van der Waals surface area (Å²) in [4.78, 5) is 38.8. The van der Waals surface area contributed by atoms with E-state index in [1.54, 1.807) is 12.1 Å². The fourth-order valence-corrected chi connectivity index (χ4v) is 4.62. The molecule has 2 aliphatic rings. The van der Waals surface area contributed by atoms with E-state index in [-0.39, 0.29) is 37.9 Å². The van der Waals surface area contributed by atoms with Crippen molar-refractivity contribution in [2.45, 2.75) is 26.3 Å². The Kier molecular flexibility index (Phi) is 14.8. The van der Waals surface area contributed by atoms with Crippen molar-refractivity contribution in [2.75, 3.05) is 79.3 Å². The summed E-state index contributed by atoms with van der Waals surface area (Å²) in [5.74, 6) is 0.360. The van der Waals surface area contributed by atoms with Gasteiger partial charge in [0.2, 0.25) is 0 Å². The Labute approximate surface area is 274 Å². The number of esters is 1. The van der Waals surface area contributed by atoms with Crippen LogP contribution in [-0.4, -0.2) is 108 Å². The van der Waals surface area contributed by atoms with Gasteiger partial charge in [-0.15, -0.1) is 0 Å². The summed E-state index contributed by atoms with van der Waals surface area (Å²) in [5.41, 5.74) is 0. The summed E-state index contributed by atoms with van der Waals surface area (Å²) in [6.45, 7) is 7.69. The fraction of sp³-hybridized carbons (Fsp3) is 0.500. The number of carbonyl (C=O) groups excluding carboxylic acids is 3. The molecule has 2 aromatic carbocycles. The molecule has 0 aromatic heterocycles. The lowest BCUT2D eigenvalue weighted by molar-refractivity contribution is -0.152. The van der Waals surface area contributed by atoms with E-state index in [0.29, 0.717) is 82.5 Å².